The van der Waals surface area contributed by atoms with Crippen molar-refractivity contribution in [3.8, 4) is 44.5 Å². The van der Waals surface area contributed by atoms with Gasteiger partial charge in [0.15, 0.2) is 0 Å². The SMILES string of the molecule is CC(C)(C)c1ccc(N(c2ccc3cc4c(cc3c2)-c2cc3cc(-c5ccccc5)ccc3cc2-4)c2cc3oc4ccccc4c3cc2-c2ccccc2)cc1. The highest BCUT2D eigenvalue weighted by molar-refractivity contribution is 6.13. The van der Waals surface area contributed by atoms with Crippen molar-refractivity contribution in [1.82, 2.24) is 0 Å². The van der Waals surface area contributed by atoms with Crippen molar-refractivity contribution in [3.63, 3.8) is 0 Å². The fraction of sp³-hybridized carbons (Fsp3) is 0.0741. The van der Waals surface area contributed by atoms with Crippen LogP contribution in [0.3, 0.4) is 0 Å². The molecule has 9 aromatic carbocycles. The second-order valence-corrected chi connectivity index (χ2v) is 16.2. The highest BCUT2D eigenvalue weighted by Crippen LogP contribution is 2.52. The molecule has 1 aliphatic rings. The molecule has 1 aliphatic carbocycles. The molecule has 0 saturated heterocycles. The van der Waals surface area contributed by atoms with Crippen LogP contribution in [0, 0.1) is 0 Å². The van der Waals surface area contributed by atoms with Gasteiger partial charge in [-0.25, -0.2) is 0 Å². The second kappa shape index (κ2) is 12.3. The van der Waals surface area contributed by atoms with Crippen LogP contribution >= 0.6 is 0 Å². The summed E-state index contributed by atoms with van der Waals surface area (Å²) in [5.41, 5.74) is 16.5. The topological polar surface area (TPSA) is 16.4 Å². The Hall–Kier alpha value is -6.90. The van der Waals surface area contributed by atoms with Gasteiger partial charge in [0.2, 0.25) is 0 Å². The van der Waals surface area contributed by atoms with Crippen molar-refractivity contribution in [2.75, 3.05) is 4.90 Å². The Morgan fingerprint density at radius 3 is 1.62 bits per heavy atom. The smallest absolute Gasteiger partial charge is 0.137 e. The van der Waals surface area contributed by atoms with Gasteiger partial charge >= 0.3 is 0 Å². The molecule has 0 bridgehead atoms. The Balaban J connectivity index is 1.09. The van der Waals surface area contributed by atoms with E-state index in [2.05, 4.69) is 202 Å². The highest BCUT2D eigenvalue weighted by atomic mass is 16.3. The summed E-state index contributed by atoms with van der Waals surface area (Å²) in [7, 11) is 0. The monoisotopic (exact) mass is 717 g/mol. The summed E-state index contributed by atoms with van der Waals surface area (Å²) in [5.74, 6) is 0. The first-order valence-corrected chi connectivity index (χ1v) is 19.5. The van der Waals surface area contributed by atoms with Crippen LogP contribution in [-0.4, -0.2) is 0 Å². The number of hydrogen-bond acceptors (Lipinski definition) is 2. The summed E-state index contributed by atoms with van der Waals surface area (Å²) >= 11 is 0. The zero-order valence-corrected chi connectivity index (χ0v) is 31.7. The molecule has 0 N–H and O–H groups in total. The molecule has 0 atom stereocenters. The standard InChI is InChI=1S/C54H39NO/c1-54(2,3)41-21-24-42(25-22-41)55(51-33-53-50(44-16-10-11-17-52(44)56-53)32-45(51)35-14-8-5-9-15-35)43-23-20-38-29-47-46-28-37-19-18-36(34-12-6-4-7-13-34)26-39(37)30-48(46)49(47)31-40(38)27-43/h4-33H,1-3H3. The predicted molar refractivity (Wildman–Crippen MR) is 237 cm³/mol. The minimum absolute atomic E-state index is 0.0430. The minimum Gasteiger partial charge on any atom is -0.456 e. The van der Waals surface area contributed by atoms with E-state index in [1.807, 2.05) is 6.07 Å². The first-order chi connectivity index (χ1) is 27.4. The molecule has 0 amide bonds. The third-order valence-corrected chi connectivity index (χ3v) is 11.7. The van der Waals surface area contributed by atoms with Crippen molar-refractivity contribution in [2.24, 2.45) is 0 Å². The third kappa shape index (κ3) is 5.25. The number of fused-ring (bicyclic) bond motifs is 9. The van der Waals surface area contributed by atoms with Crippen LogP contribution in [0.15, 0.2) is 186 Å². The molecular weight excluding hydrogens is 679 g/mol. The molecule has 11 rings (SSSR count). The van der Waals surface area contributed by atoms with E-state index in [1.54, 1.807) is 0 Å². The Labute approximate surface area is 326 Å². The molecule has 0 radical (unpaired) electrons. The van der Waals surface area contributed by atoms with Crippen LogP contribution in [0.25, 0.3) is 88.0 Å². The lowest BCUT2D eigenvalue weighted by Crippen LogP contribution is -2.14. The van der Waals surface area contributed by atoms with Crippen LogP contribution in [0.4, 0.5) is 17.1 Å². The van der Waals surface area contributed by atoms with E-state index in [0.29, 0.717) is 0 Å². The van der Waals surface area contributed by atoms with E-state index >= 15 is 0 Å². The van der Waals surface area contributed by atoms with E-state index in [1.165, 1.54) is 60.5 Å². The van der Waals surface area contributed by atoms with Crippen LogP contribution in [0.1, 0.15) is 26.3 Å². The molecular formula is C54H39NO. The van der Waals surface area contributed by atoms with Gasteiger partial charge in [0.1, 0.15) is 11.2 Å². The molecule has 10 aromatic rings. The van der Waals surface area contributed by atoms with Gasteiger partial charge in [-0.2, -0.15) is 0 Å². The lowest BCUT2D eigenvalue weighted by atomic mass is 9.77. The normalized spacial score (nSPS) is 12.2. The maximum Gasteiger partial charge on any atom is 0.137 e. The lowest BCUT2D eigenvalue weighted by molar-refractivity contribution is 0.590. The first kappa shape index (κ1) is 32.5. The van der Waals surface area contributed by atoms with Crippen molar-refractivity contribution < 1.29 is 4.42 Å². The van der Waals surface area contributed by atoms with Gasteiger partial charge in [-0.05, 0) is 138 Å². The summed E-state index contributed by atoms with van der Waals surface area (Å²) in [6, 6.07) is 66.6. The maximum absolute atomic E-state index is 6.55. The zero-order chi connectivity index (χ0) is 37.5. The first-order valence-electron chi connectivity index (χ1n) is 19.5. The van der Waals surface area contributed by atoms with Gasteiger partial charge in [-0.15, -0.1) is 0 Å². The number of hydrogen-bond donors (Lipinski definition) is 0. The summed E-state index contributed by atoms with van der Waals surface area (Å²) in [5, 5.41) is 7.23. The molecule has 0 unspecified atom stereocenters. The van der Waals surface area contributed by atoms with Gasteiger partial charge in [-0.3, -0.25) is 0 Å². The Kier molecular flexibility index (Phi) is 7.15. The van der Waals surface area contributed by atoms with Crippen molar-refractivity contribution in [3.05, 3.63) is 188 Å². The van der Waals surface area contributed by atoms with E-state index < -0.39 is 0 Å². The van der Waals surface area contributed by atoms with E-state index in [9.17, 15) is 0 Å². The van der Waals surface area contributed by atoms with Crippen molar-refractivity contribution in [2.45, 2.75) is 26.2 Å². The Bertz CT molecular complexity index is 3150. The molecule has 56 heavy (non-hydrogen) atoms. The third-order valence-electron chi connectivity index (χ3n) is 11.7. The van der Waals surface area contributed by atoms with Crippen LogP contribution in [-0.2, 0) is 5.41 Å². The fourth-order valence-corrected chi connectivity index (χ4v) is 8.69. The molecule has 1 aromatic heterocycles. The van der Waals surface area contributed by atoms with Gasteiger partial charge in [0, 0.05) is 33.8 Å². The molecule has 0 fully saturated rings. The Morgan fingerprint density at radius 2 is 0.946 bits per heavy atom. The average molecular weight is 718 g/mol. The Morgan fingerprint density at radius 1 is 0.375 bits per heavy atom. The van der Waals surface area contributed by atoms with Gasteiger partial charge < -0.3 is 9.32 Å². The summed E-state index contributed by atoms with van der Waals surface area (Å²) < 4.78 is 6.55. The molecule has 0 aliphatic heterocycles. The fourth-order valence-electron chi connectivity index (χ4n) is 8.69. The molecule has 0 spiro atoms. The van der Waals surface area contributed by atoms with Crippen molar-refractivity contribution >= 4 is 60.5 Å². The summed E-state index contributed by atoms with van der Waals surface area (Å²) in [6.07, 6.45) is 0. The van der Waals surface area contributed by atoms with Gasteiger partial charge in [-0.1, -0.05) is 130 Å². The van der Waals surface area contributed by atoms with E-state index in [4.69, 9.17) is 4.42 Å². The van der Waals surface area contributed by atoms with E-state index in [0.717, 1.165) is 50.1 Å². The molecule has 2 nitrogen and oxygen atoms in total. The van der Waals surface area contributed by atoms with Gasteiger partial charge in [0.25, 0.3) is 0 Å². The quantitative estimate of drug-likeness (QED) is 0.176. The molecule has 1 heterocycles. The molecule has 2 heteroatoms. The zero-order valence-electron chi connectivity index (χ0n) is 31.7. The average Bonchev–Trinajstić information content (AvgIpc) is 3.60. The number of rotatable bonds is 5. The lowest BCUT2D eigenvalue weighted by Gasteiger charge is -2.30. The van der Waals surface area contributed by atoms with Crippen LogP contribution < -0.4 is 4.90 Å². The number of furan rings is 1. The largest absolute Gasteiger partial charge is 0.456 e. The molecule has 266 valence electrons. The highest BCUT2D eigenvalue weighted by Gasteiger charge is 2.26. The van der Waals surface area contributed by atoms with Crippen LogP contribution in [0.2, 0.25) is 0 Å². The van der Waals surface area contributed by atoms with Crippen LogP contribution in [0.5, 0.6) is 0 Å². The number of benzene rings is 9. The summed E-state index contributed by atoms with van der Waals surface area (Å²) in [6.45, 7) is 6.81. The number of para-hydroxylation sites is 1. The summed E-state index contributed by atoms with van der Waals surface area (Å²) in [4.78, 5) is 2.41. The second-order valence-electron chi connectivity index (χ2n) is 16.2. The van der Waals surface area contributed by atoms with E-state index in [-0.39, 0.29) is 5.41 Å². The molecule has 0 saturated carbocycles. The maximum atomic E-state index is 6.55. The number of nitrogens with zero attached hydrogens (tertiary/aromatic N) is 1. The number of anilines is 3. The predicted octanol–water partition coefficient (Wildman–Crippen LogP) is 15.6. The van der Waals surface area contributed by atoms with Gasteiger partial charge in [0.05, 0.1) is 5.69 Å². The minimum atomic E-state index is 0.0430. The van der Waals surface area contributed by atoms with Crippen molar-refractivity contribution in [1.29, 1.82) is 0 Å².